The summed E-state index contributed by atoms with van der Waals surface area (Å²) in [5.74, 6) is 0.424. The van der Waals surface area contributed by atoms with Crippen LogP contribution in [0.3, 0.4) is 0 Å². The summed E-state index contributed by atoms with van der Waals surface area (Å²) in [4.78, 5) is 32.2. The summed E-state index contributed by atoms with van der Waals surface area (Å²) < 4.78 is 3.44. The predicted molar refractivity (Wildman–Crippen MR) is 118 cm³/mol. The Bertz CT molecular complexity index is 1080. The van der Waals surface area contributed by atoms with Crippen LogP contribution in [0, 0.1) is 0 Å². The average Bonchev–Trinajstić information content (AvgIpc) is 3.29. The Hall–Kier alpha value is -3.42. The highest BCUT2D eigenvalue weighted by Crippen LogP contribution is 2.25. The second-order valence-corrected chi connectivity index (χ2v) is 8.06. The highest BCUT2D eigenvalue weighted by molar-refractivity contribution is 6.06. The van der Waals surface area contributed by atoms with Gasteiger partial charge in [0.2, 0.25) is 0 Å². The summed E-state index contributed by atoms with van der Waals surface area (Å²) in [6.45, 7) is 0.412. The molecule has 0 atom stereocenters. The molecule has 8 nitrogen and oxygen atoms in total. The molecule has 0 unspecified atom stereocenters. The summed E-state index contributed by atoms with van der Waals surface area (Å²) >= 11 is 0. The van der Waals surface area contributed by atoms with Gasteiger partial charge in [-0.3, -0.25) is 14.3 Å². The molecule has 4 rings (SSSR count). The summed E-state index contributed by atoms with van der Waals surface area (Å²) in [6, 6.07) is 10.2. The van der Waals surface area contributed by atoms with E-state index in [1.807, 2.05) is 48.1 Å². The number of carbonyl (C=O) groups excluding carboxylic acids is 2. The molecule has 1 aliphatic rings. The number of hydrogen-bond donors (Lipinski definition) is 1. The molecule has 0 bridgehead atoms. The average molecular weight is 421 g/mol. The van der Waals surface area contributed by atoms with Gasteiger partial charge in [0.1, 0.15) is 11.5 Å². The van der Waals surface area contributed by atoms with Crippen molar-refractivity contribution >= 4 is 11.8 Å². The third kappa shape index (κ3) is 4.23. The zero-order chi connectivity index (χ0) is 22.0. The molecule has 162 valence electrons. The summed E-state index contributed by atoms with van der Waals surface area (Å²) in [6.07, 6.45) is 7.22. The van der Waals surface area contributed by atoms with Crippen molar-refractivity contribution in [2.24, 2.45) is 14.1 Å². The number of benzene rings is 1. The van der Waals surface area contributed by atoms with Crippen LogP contribution in [0.15, 0.2) is 42.7 Å². The van der Waals surface area contributed by atoms with E-state index in [2.05, 4.69) is 10.4 Å². The number of amides is 2. The Morgan fingerprint density at radius 2 is 1.94 bits per heavy atom. The van der Waals surface area contributed by atoms with Crippen molar-refractivity contribution < 1.29 is 9.59 Å². The van der Waals surface area contributed by atoms with E-state index in [0.29, 0.717) is 24.2 Å². The van der Waals surface area contributed by atoms with Crippen molar-refractivity contribution in [1.29, 1.82) is 0 Å². The van der Waals surface area contributed by atoms with Crippen LogP contribution in [-0.4, -0.2) is 55.7 Å². The van der Waals surface area contributed by atoms with Gasteiger partial charge in [-0.25, -0.2) is 4.98 Å². The molecule has 2 aromatic heterocycles. The summed E-state index contributed by atoms with van der Waals surface area (Å²) in [7, 11) is 5.43. The minimum absolute atomic E-state index is 0.153. The van der Waals surface area contributed by atoms with E-state index in [0.717, 1.165) is 36.3 Å². The minimum atomic E-state index is -0.303. The maximum absolute atomic E-state index is 12.9. The highest BCUT2D eigenvalue weighted by Gasteiger charge is 2.30. The zero-order valence-electron chi connectivity index (χ0n) is 18.2. The second-order valence-electron chi connectivity index (χ2n) is 8.06. The molecular formula is C23H28N6O2. The smallest absolute Gasteiger partial charge is 0.270 e. The van der Waals surface area contributed by atoms with Gasteiger partial charge < -0.3 is 14.8 Å². The van der Waals surface area contributed by atoms with Gasteiger partial charge >= 0.3 is 0 Å². The third-order valence-corrected chi connectivity index (χ3v) is 6.00. The molecule has 0 spiro atoms. The van der Waals surface area contributed by atoms with Gasteiger partial charge in [0.15, 0.2) is 0 Å². The third-order valence-electron chi connectivity index (χ3n) is 6.00. The molecule has 1 saturated carbocycles. The number of aromatic nitrogens is 4. The topological polar surface area (TPSA) is 85.1 Å². The Morgan fingerprint density at radius 1 is 1.19 bits per heavy atom. The van der Waals surface area contributed by atoms with E-state index in [9.17, 15) is 9.59 Å². The first-order valence-electron chi connectivity index (χ1n) is 10.6. The summed E-state index contributed by atoms with van der Waals surface area (Å²) in [5.41, 5.74) is 2.60. The molecule has 1 N–H and O–H groups in total. The molecular weight excluding hydrogens is 392 g/mol. The maximum atomic E-state index is 12.9. The van der Waals surface area contributed by atoms with Crippen molar-refractivity contribution in [3.63, 3.8) is 0 Å². The van der Waals surface area contributed by atoms with E-state index < -0.39 is 0 Å². The maximum Gasteiger partial charge on any atom is 0.270 e. The predicted octanol–water partition coefficient (Wildman–Crippen LogP) is 2.42. The standard InChI is InChI=1S/C23H28N6O2/c1-27-15-19(16-8-5-4-6-9-16)26-20(27)12-13-24-22(30)21-18(14-25-29(21)3)23(31)28(2)17-10-7-11-17/h4-6,8-9,14-15,17H,7,10-13H2,1-3H3,(H,24,30). The quantitative estimate of drug-likeness (QED) is 0.636. The van der Waals surface area contributed by atoms with Crippen molar-refractivity contribution in [2.75, 3.05) is 13.6 Å². The first-order chi connectivity index (χ1) is 15.0. The molecule has 3 aromatic rings. The number of nitrogens with one attached hydrogen (secondary N) is 1. The fraction of sp³-hybridized carbons (Fsp3) is 0.391. The molecule has 0 saturated heterocycles. The van der Waals surface area contributed by atoms with Crippen LogP contribution in [0.2, 0.25) is 0 Å². The molecule has 2 amide bonds. The van der Waals surface area contributed by atoms with Gasteiger partial charge in [0.05, 0.1) is 17.5 Å². The van der Waals surface area contributed by atoms with Crippen LogP contribution in [0.5, 0.6) is 0 Å². The zero-order valence-corrected chi connectivity index (χ0v) is 18.2. The Kier molecular flexibility index (Phi) is 5.88. The van der Waals surface area contributed by atoms with Crippen LogP contribution in [0.4, 0.5) is 0 Å². The Labute approximate surface area is 181 Å². The van der Waals surface area contributed by atoms with Gasteiger partial charge in [-0.15, -0.1) is 0 Å². The van der Waals surface area contributed by atoms with Crippen LogP contribution < -0.4 is 5.32 Å². The van der Waals surface area contributed by atoms with Crippen molar-refractivity contribution in [3.8, 4) is 11.3 Å². The van der Waals surface area contributed by atoms with Gasteiger partial charge in [0.25, 0.3) is 11.8 Å². The molecule has 1 aromatic carbocycles. The number of rotatable bonds is 7. The minimum Gasteiger partial charge on any atom is -0.350 e. The molecule has 31 heavy (non-hydrogen) atoms. The van der Waals surface area contributed by atoms with Gasteiger partial charge in [-0.05, 0) is 19.3 Å². The lowest BCUT2D eigenvalue weighted by molar-refractivity contribution is 0.0647. The van der Waals surface area contributed by atoms with Gasteiger partial charge in [-0.1, -0.05) is 30.3 Å². The van der Waals surface area contributed by atoms with Crippen molar-refractivity contribution in [2.45, 2.75) is 31.7 Å². The first kappa shape index (κ1) is 20.8. The lowest BCUT2D eigenvalue weighted by Crippen LogP contribution is -2.42. The molecule has 1 aliphatic carbocycles. The highest BCUT2D eigenvalue weighted by atomic mass is 16.2. The SMILES string of the molecule is CN(C(=O)c1cnn(C)c1C(=O)NCCc1nc(-c2ccccc2)cn1C)C1CCC1. The number of aryl methyl sites for hydroxylation is 2. The van der Waals surface area contributed by atoms with Crippen LogP contribution in [0.25, 0.3) is 11.3 Å². The largest absolute Gasteiger partial charge is 0.350 e. The fourth-order valence-electron chi connectivity index (χ4n) is 3.85. The van der Waals surface area contributed by atoms with E-state index in [-0.39, 0.29) is 17.9 Å². The van der Waals surface area contributed by atoms with Crippen LogP contribution in [-0.2, 0) is 20.5 Å². The summed E-state index contributed by atoms with van der Waals surface area (Å²) in [5, 5.41) is 7.07. The van der Waals surface area contributed by atoms with E-state index in [1.54, 1.807) is 19.0 Å². The normalized spacial score (nSPS) is 13.6. The second kappa shape index (κ2) is 8.75. The number of imidazole rings is 1. The van der Waals surface area contributed by atoms with E-state index >= 15 is 0 Å². The van der Waals surface area contributed by atoms with Crippen molar-refractivity contribution in [3.05, 3.63) is 59.8 Å². The molecule has 2 heterocycles. The molecule has 1 fully saturated rings. The lowest BCUT2D eigenvalue weighted by atomic mass is 9.91. The number of carbonyl (C=O) groups is 2. The monoisotopic (exact) mass is 420 g/mol. The Morgan fingerprint density at radius 3 is 2.61 bits per heavy atom. The van der Waals surface area contributed by atoms with Gasteiger partial charge in [0, 0.05) is 51.9 Å². The van der Waals surface area contributed by atoms with Gasteiger partial charge in [-0.2, -0.15) is 5.10 Å². The molecule has 0 aliphatic heterocycles. The van der Waals surface area contributed by atoms with E-state index in [4.69, 9.17) is 4.98 Å². The van der Waals surface area contributed by atoms with E-state index in [1.165, 1.54) is 10.9 Å². The number of nitrogens with zero attached hydrogens (tertiary/aromatic N) is 5. The Balaban J connectivity index is 1.40. The molecule has 8 heteroatoms. The number of hydrogen-bond acceptors (Lipinski definition) is 4. The lowest BCUT2D eigenvalue weighted by Gasteiger charge is -2.34. The fourth-order valence-corrected chi connectivity index (χ4v) is 3.85. The molecule has 0 radical (unpaired) electrons. The first-order valence-corrected chi connectivity index (χ1v) is 10.6. The van der Waals surface area contributed by atoms with Crippen LogP contribution >= 0.6 is 0 Å². The van der Waals surface area contributed by atoms with Crippen LogP contribution in [0.1, 0.15) is 45.9 Å². The van der Waals surface area contributed by atoms with Crippen molar-refractivity contribution in [1.82, 2.24) is 29.5 Å².